The summed E-state index contributed by atoms with van der Waals surface area (Å²) in [5, 5.41) is 12.4. The number of nitrogens with zero attached hydrogens (tertiary/aromatic N) is 1. The van der Waals surface area contributed by atoms with Crippen LogP contribution in [0, 0.1) is 17.2 Å². The number of rotatable bonds is 5. The Balaban J connectivity index is 2.42. The normalized spacial score (nSPS) is 14.6. The first-order valence-corrected chi connectivity index (χ1v) is 9.92. The summed E-state index contributed by atoms with van der Waals surface area (Å²) >= 11 is 1.76. The van der Waals surface area contributed by atoms with E-state index >= 15 is 0 Å². The highest BCUT2D eigenvalue weighted by molar-refractivity contribution is 7.98. The summed E-state index contributed by atoms with van der Waals surface area (Å²) in [6.07, 6.45) is 2.99. The Bertz CT molecular complexity index is 919. The molecular formula is C23H23NS. The molecule has 0 heterocycles. The van der Waals surface area contributed by atoms with Crippen LogP contribution >= 0.6 is 11.8 Å². The van der Waals surface area contributed by atoms with Crippen LogP contribution in [-0.4, -0.2) is 6.26 Å². The summed E-state index contributed by atoms with van der Waals surface area (Å²) < 4.78 is 0. The molecule has 25 heavy (non-hydrogen) atoms. The zero-order valence-corrected chi connectivity index (χ0v) is 15.8. The molecule has 2 heteroatoms. The van der Waals surface area contributed by atoms with Gasteiger partial charge in [-0.05, 0) is 47.6 Å². The maximum atomic E-state index is 9.90. The molecule has 126 valence electrons. The molecule has 3 aromatic rings. The molecule has 0 aromatic heterocycles. The molecule has 0 aliphatic heterocycles. The lowest BCUT2D eigenvalue weighted by Gasteiger charge is -2.38. The van der Waals surface area contributed by atoms with E-state index in [1.165, 1.54) is 26.8 Å². The van der Waals surface area contributed by atoms with E-state index in [9.17, 15) is 5.26 Å². The number of benzene rings is 3. The Hall–Kier alpha value is -2.24. The quantitative estimate of drug-likeness (QED) is 0.498. The van der Waals surface area contributed by atoms with Crippen LogP contribution in [0.15, 0.2) is 71.6 Å². The van der Waals surface area contributed by atoms with Gasteiger partial charge in [-0.1, -0.05) is 67.6 Å². The summed E-state index contributed by atoms with van der Waals surface area (Å²) in [5.74, 6) is -0.128. The molecule has 0 aliphatic carbocycles. The van der Waals surface area contributed by atoms with Gasteiger partial charge in [-0.3, -0.25) is 0 Å². The molecule has 3 aromatic carbocycles. The van der Waals surface area contributed by atoms with Gasteiger partial charge in [0.25, 0.3) is 0 Å². The minimum absolute atomic E-state index is 0.128. The Labute approximate surface area is 154 Å². The maximum Gasteiger partial charge on any atom is 0.0665 e. The van der Waals surface area contributed by atoms with Crippen molar-refractivity contribution in [2.75, 3.05) is 6.26 Å². The molecule has 0 aliphatic rings. The van der Waals surface area contributed by atoms with E-state index in [0.717, 1.165) is 6.42 Å². The summed E-state index contributed by atoms with van der Waals surface area (Å²) in [7, 11) is 0. The highest BCUT2D eigenvalue weighted by Crippen LogP contribution is 2.47. The second-order valence-electron chi connectivity index (χ2n) is 6.40. The number of nitriles is 1. The second-order valence-corrected chi connectivity index (χ2v) is 7.25. The third-order valence-corrected chi connectivity index (χ3v) is 6.14. The molecule has 0 radical (unpaired) electrons. The van der Waals surface area contributed by atoms with Gasteiger partial charge in [-0.2, -0.15) is 5.26 Å². The van der Waals surface area contributed by atoms with Crippen LogP contribution in [-0.2, 0) is 5.41 Å². The van der Waals surface area contributed by atoms with E-state index in [0.29, 0.717) is 0 Å². The van der Waals surface area contributed by atoms with Gasteiger partial charge in [-0.25, -0.2) is 0 Å². The molecule has 0 saturated heterocycles. The minimum atomic E-state index is -0.324. The molecule has 0 amide bonds. The average Bonchev–Trinajstić information content (AvgIpc) is 2.69. The predicted molar refractivity (Wildman–Crippen MR) is 108 cm³/mol. The van der Waals surface area contributed by atoms with Crippen LogP contribution < -0.4 is 0 Å². The first-order valence-electron chi connectivity index (χ1n) is 8.70. The molecular weight excluding hydrogens is 322 g/mol. The van der Waals surface area contributed by atoms with E-state index in [1.54, 1.807) is 11.8 Å². The molecule has 0 fully saturated rings. The monoisotopic (exact) mass is 345 g/mol. The molecule has 1 nitrogen and oxygen atoms in total. The van der Waals surface area contributed by atoms with Crippen molar-refractivity contribution in [3.8, 4) is 6.07 Å². The van der Waals surface area contributed by atoms with Crippen LogP contribution in [0.2, 0.25) is 0 Å². The smallest absolute Gasteiger partial charge is 0.0665 e. The van der Waals surface area contributed by atoms with E-state index in [1.807, 2.05) is 0 Å². The summed E-state index contributed by atoms with van der Waals surface area (Å²) in [6.45, 7) is 4.26. The van der Waals surface area contributed by atoms with Gasteiger partial charge in [0.2, 0.25) is 0 Å². The Morgan fingerprint density at radius 3 is 2.32 bits per heavy atom. The van der Waals surface area contributed by atoms with Gasteiger partial charge in [0.1, 0.15) is 0 Å². The zero-order chi connectivity index (χ0) is 17.9. The van der Waals surface area contributed by atoms with Crippen molar-refractivity contribution in [1.29, 1.82) is 5.26 Å². The highest BCUT2D eigenvalue weighted by Gasteiger charge is 2.40. The SMILES string of the molecule is CCC(c1ccccc1SC)(c1cccc2ccccc12)C(C)C#N. The van der Waals surface area contributed by atoms with Crippen LogP contribution in [0.3, 0.4) is 0 Å². The molecule has 0 N–H and O–H groups in total. The van der Waals surface area contributed by atoms with Gasteiger partial charge >= 0.3 is 0 Å². The van der Waals surface area contributed by atoms with E-state index < -0.39 is 0 Å². The lowest BCUT2D eigenvalue weighted by molar-refractivity contribution is 0.396. The molecule has 2 atom stereocenters. The van der Waals surface area contributed by atoms with Gasteiger partial charge in [0, 0.05) is 10.3 Å². The number of thioether (sulfide) groups is 1. The number of hydrogen-bond donors (Lipinski definition) is 0. The number of hydrogen-bond acceptors (Lipinski definition) is 2. The van der Waals surface area contributed by atoms with Gasteiger partial charge in [0.05, 0.1) is 12.0 Å². The van der Waals surface area contributed by atoms with Crippen molar-refractivity contribution in [2.24, 2.45) is 5.92 Å². The van der Waals surface area contributed by atoms with Crippen molar-refractivity contribution in [2.45, 2.75) is 30.6 Å². The topological polar surface area (TPSA) is 23.8 Å². The first kappa shape index (κ1) is 17.6. The van der Waals surface area contributed by atoms with Gasteiger partial charge in [0.15, 0.2) is 0 Å². The third kappa shape index (κ3) is 2.83. The van der Waals surface area contributed by atoms with E-state index in [4.69, 9.17) is 0 Å². The van der Waals surface area contributed by atoms with Crippen molar-refractivity contribution in [3.05, 3.63) is 77.9 Å². The fraction of sp³-hybridized carbons (Fsp3) is 0.261. The molecule has 3 rings (SSSR count). The first-order chi connectivity index (χ1) is 12.2. The summed E-state index contributed by atoms with van der Waals surface area (Å²) in [5.41, 5.74) is 2.19. The van der Waals surface area contributed by atoms with Crippen LogP contribution in [0.25, 0.3) is 10.8 Å². The minimum Gasteiger partial charge on any atom is -0.198 e. The molecule has 0 bridgehead atoms. The third-order valence-electron chi connectivity index (χ3n) is 5.35. The highest BCUT2D eigenvalue weighted by atomic mass is 32.2. The van der Waals surface area contributed by atoms with Crippen LogP contribution in [0.5, 0.6) is 0 Å². The lowest BCUT2D eigenvalue weighted by Crippen LogP contribution is -2.34. The standard InChI is InChI=1S/C23H23NS/c1-4-23(17(2)16-24,21-13-7-8-15-22(21)25-3)20-14-9-11-18-10-5-6-12-19(18)20/h5-15,17H,4H2,1-3H3. The van der Waals surface area contributed by atoms with E-state index in [2.05, 4.69) is 92.9 Å². The van der Waals surface area contributed by atoms with Crippen molar-refractivity contribution < 1.29 is 0 Å². The van der Waals surface area contributed by atoms with Crippen LogP contribution in [0.1, 0.15) is 31.4 Å². The van der Waals surface area contributed by atoms with Gasteiger partial charge < -0.3 is 0 Å². The van der Waals surface area contributed by atoms with E-state index in [-0.39, 0.29) is 11.3 Å². The Morgan fingerprint density at radius 1 is 0.960 bits per heavy atom. The average molecular weight is 346 g/mol. The van der Waals surface area contributed by atoms with Crippen molar-refractivity contribution in [1.82, 2.24) is 0 Å². The Kier molecular flexibility index (Phi) is 5.16. The van der Waals surface area contributed by atoms with Crippen molar-refractivity contribution >= 4 is 22.5 Å². The van der Waals surface area contributed by atoms with Crippen LogP contribution in [0.4, 0.5) is 0 Å². The van der Waals surface area contributed by atoms with Crippen molar-refractivity contribution in [3.63, 3.8) is 0 Å². The van der Waals surface area contributed by atoms with Gasteiger partial charge in [-0.15, -0.1) is 11.8 Å². The largest absolute Gasteiger partial charge is 0.198 e. The number of fused-ring (bicyclic) bond motifs is 1. The summed E-state index contributed by atoms with van der Waals surface area (Å²) in [4.78, 5) is 1.25. The summed E-state index contributed by atoms with van der Waals surface area (Å²) in [6, 6.07) is 26.1. The molecule has 0 spiro atoms. The fourth-order valence-electron chi connectivity index (χ4n) is 4.04. The lowest BCUT2D eigenvalue weighted by atomic mass is 9.64. The Morgan fingerprint density at radius 2 is 1.60 bits per heavy atom. The fourth-order valence-corrected chi connectivity index (χ4v) is 4.72. The molecule has 2 unspecified atom stereocenters. The zero-order valence-electron chi connectivity index (χ0n) is 15.0. The second kappa shape index (κ2) is 7.33. The maximum absolute atomic E-state index is 9.90. The predicted octanol–water partition coefficient (Wildman–Crippen LogP) is 6.42. The molecule has 0 saturated carbocycles.